The topological polar surface area (TPSA) is 59.6 Å². The zero-order valence-corrected chi connectivity index (χ0v) is 14.7. The van der Waals surface area contributed by atoms with Gasteiger partial charge in [0.2, 0.25) is 0 Å². The highest BCUT2D eigenvalue weighted by Crippen LogP contribution is 2.28. The van der Waals surface area contributed by atoms with E-state index in [2.05, 4.69) is 26.6 Å². The molecule has 1 unspecified atom stereocenters. The number of thiocarbonyl (C=S) groups is 1. The maximum absolute atomic E-state index is 12.4. The number of allylic oxidation sites excluding steroid dienone is 1. The number of hydrogen-bond donors (Lipinski definition) is 2. The highest BCUT2D eigenvalue weighted by molar-refractivity contribution is 9.10. The predicted molar refractivity (Wildman–Crippen MR) is 91.3 cm³/mol. The van der Waals surface area contributed by atoms with Gasteiger partial charge in [0.1, 0.15) is 6.61 Å². The second-order valence-corrected chi connectivity index (χ2v) is 6.07. The van der Waals surface area contributed by atoms with Crippen molar-refractivity contribution in [2.24, 2.45) is 0 Å². The second kappa shape index (κ2) is 7.71. The van der Waals surface area contributed by atoms with Crippen LogP contribution in [0.1, 0.15) is 18.5 Å². The van der Waals surface area contributed by atoms with Gasteiger partial charge in [0.15, 0.2) is 5.11 Å². The summed E-state index contributed by atoms with van der Waals surface area (Å²) in [6.45, 7) is 2.38. The quantitative estimate of drug-likeness (QED) is 0.461. The van der Waals surface area contributed by atoms with Gasteiger partial charge in [-0.1, -0.05) is 28.1 Å². The number of carbonyl (C=O) groups is 1. The Labute approximate surface area is 143 Å². The number of esters is 1. The van der Waals surface area contributed by atoms with Crippen LogP contribution in [0.2, 0.25) is 0 Å². The van der Waals surface area contributed by atoms with E-state index in [0.29, 0.717) is 23.0 Å². The molecular weight excluding hydrogens is 368 g/mol. The highest BCUT2D eigenvalue weighted by atomic mass is 79.9. The summed E-state index contributed by atoms with van der Waals surface area (Å²) in [4.78, 5) is 12.4. The van der Waals surface area contributed by atoms with E-state index in [1.165, 1.54) is 0 Å². The van der Waals surface area contributed by atoms with Crippen molar-refractivity contribution in [1.29, 1.82) is 0 Å². The van der Waals surface area contributed by atoms with Gasteiger partial charge >= 0.3 is 5.97 Å². The Morgan fingerprint density at radius 2 is 2.00 bits per heavy atom. The van der Waals surface area contributed by atoms with Crippen molar-refractivity contribution < 1.29 is 14.3 Å². The predicted octanol–water partition coefficient (Wildman–Crippen LogP) is 2.43. The van der Waals surface area contributed by atoms with Crippen molar-refractivity contribution >= 4 is 39.2 Å². The van der Waals surface area contributed by atoms with Crippen LogP contribution in [0.3, 0.4) is 0 Å². The van der Waals surface area contributed by atoms with Gasteiger partial charge in [-0.25, -0.2) is 4.79 Å². The minimum Gasteiger partial charge on any atom is -0.460 e. The van der Waals surface area contributed by atoms with Crippen LogP contribution in [0.15, 0.2) is 40.0 Å². The van der Waals surface area contributed by atoms with Crippen LogP contribution in [0.4, 0.5) is 0 Å². The van der Waals surface area contributed by atoms with Crippen molar-refractivity contribution in [3.8, 4) is 0 Å². The molecule has 0 spiro atoms. The monoisotopic (exact) mass is 384 g/mol. The van der Waals surface area contributed by atoms with Gasteiger partial charge in [-0.2, -0.15) is 0 Å². The molecule has 7 heteroatoms. The van der Waals surface area contributed by atoms with Gasteiger partial charge in [0.05, 0.1) is 18.2 Å². The van der Waals surface area contributed by atoms with E-state index < -0.39 is 0 Å². The Hall–Kier alpha value is -1.44. The van der Waals surface area contributed by atoms with E-state index >= 15 is 0 Å². The zero-order valence-electron chi connectivity index (χ0n) is 12.3. The lowest BCUT2D eigenvalue weighted by molar-refractivity contribution is -0.140. The number of nitrogens with one attached hydrogen (secondary N) is 2. The number of hydrogen-bond acceptors (Lipinski definition) is 4. The molecule has 0 aromatic heterocycles. The largest absolute Gasteiger partial charge is 0.460 e. The van der Waals surface area contributed by atoms with Gasteiger partial charge in [0.25, 0.3) is 0 Å². The van der Waals surface area contributed by atoms with E-state index in [1.807, 2.05) is 31.2 Å². The maximum Gasteiger partial charge on any atom is 0.338 e. The smallest absolute Gasteiger partial charge is 0.338 e. The third kappa shape index (κ3) is 4.06. The molecule has 0 aliphatic carbocycles. The Morgan fingerprint density at radius 3 is 2.64 bits per heavy atom. The summed E-state index contributed by atoms with van der Waals surface area (Å²) in [5.74, 6) is -0.384. The summed E-state index contributed by atoms with van der Waals surface area (Å²) < 4.78 is 11.1. The molecule has 0 bridgehead atoms. The summed E-state index contributed by atoms with van der Waals surface area (Å²) in [5, 5.41) is 6.57. The maximum atomic E-state index is 12.4. The number of ether oxygens (including phenoxy) is 2. The molecule has 118 valence electrons. The van der Waals surface area contributed by atoms with Crippen LogP contribution in [-0.4, -0.2) is 31.4 Å². The van der Waals surface area contributed by atoms with E-state index in [1.54, 1.807) is 7.11 Å². The number of benzene rings is 1. The minimum absolute atomic E-state index is 0.212. The van der Waals surface area contributed by atoms with Crippen LogP contribution in [0, 0.1) is 0 Å². The molecule has 0 fully saturated rings. The number of methoxy groups -OCH3 is 1. The molecule has 0 saturated carbocycles. The lowest BCUT2D eigenvalue weighted by Gasteiger charge is -2.29. The van der Waals surface area contributed by atoms with Crippen molar-refractivity contribution in [2.75, 3.05) is 20.3 Å². The molecule has 1 aliphatic heterocycles. The first kappa shape index (κ1) is 16.9. The van der Waals surface area contributed by atoms with Crippen LogP contribution >= 0.6 is 28.1 Å². The molecule has 0 radical (unpaired) electrons. The summed E-state index contributed by atoms with van der Waals surface area (Å²) in [6.07, 6.45) is 0. The molecule has 0 amide bonds. The van der Waals surface area contributed by atoms with Gasteiger partial charge in [-0.15, -0.1) is 0 Å². The van der Waals surface area contributed by atoms with Gasteiger partial charge in [-0.05, 0) is 36.8 Å². The van der Waals surface area contributed by atoms with Crippen LogP contribution in [-0.2, 0) is 14.3 Å². The number of rotatable bonds is 5. The van der Waals surface area contributed by atoms with Crippen LogP contribution in [0.5, 0.6) is 0 Å². The minimum atomic E-state index is -0.384. The molecule has 1 aromatic rings. The van der Waals surface area contributed by atoms with Gasteiger partial charge in [-0.3, -0.25) is 0 Å². The summed E-state index contributed by atoms with van der Waals surface area (Å²) >= 11 is 8.60. The fourth-order valence-corrected chi connectivity index (χ4v) is 2.70. The molecule has 5 nitrogen and oxygen atoms in total. The van der Waals surface area contributed by atoms with E-state index in [-0.39, 0.29) is 18.6 Å². The molecule has 1 aromatic carbocycles. The average molecular weight is 385 g/mol. The standard InChI is InChI=1S/C15H17BrN2O3S/c1-9-12(14(19)21-8-7-20-2)13(18-15(22)17-9)10-3-5-11(16)6-4-10/h3-6,13H,7-8H2,1-2H3,(H2,17,18,22). The molecule has 2 N–H and O–H groups in total. The van der Waals surface area contributed by atoms with E-state index in [0.717, 1.165) is 10.0 Å². The molecule has 0 saturated heterocycles. The van der Waals surface area contributed by atoms with Gasteiger partial charge in [0, 0.05) is 17.3 Å². The molecule has 2 rings (SSSR count). The molecular formula is C15H17BrN2O3S. The first-order valence-corrected chi connectivity index (χ1v) is 7.93. The average Bonchev–Trinajstić information content (AvgIpc) is 2.47. The second-order valence-electron chi connectivity index (χ2n) is 4.75. The lowest BCUT2D eigenvalue weighted by Crippen LogP contribution is -2.45. The Kier molecular flexibility index (Phi) is 5.93. The summed E-state index contributed by atoms with van der Waals surface area (Å²) in [5.41, 5.74) is 2.15. The van der Waals surface area contributed by atoms with Crippen molar-refractivity contribution in [1.82, 2.24) is 10.6 Å². The highest BCUT2D eigenvalue weighted by Gasteiger charge is 2.30. The Bertz CT molecular complexity index is 601. The molecule has 1 heterocycles. The van der Waals surface area contributed by atoms with Gasteiger partial charge < -0.3 is 20.1 Å². The molecule has 1 atom stereocenters. The lowest BCUT2D eigenvalue weighted by atomic mass is 9.96. The zero-order chi connectivity index (χ0) is 16.1. The number of carbonyl (C=O) groups excluding carboxylic acids is 1. The van der Waals surface area contributed by atoms with Crippen molar-refractivity contribution in [3.05, 3.63) is 45.6 Å². The first-order chi connectivity index (χ1) is 10.5. The van der Waals surface area contributed by atoms with Crippen molar-refractivity contribution in [2.45, 2.75) is 13.0 Å². The number of halogens is 1. The third-order valence-electron chi connectivity index (χ3n) is 3.21. The summed E-state index contributed by atoms with van der Waals surface area (Å²) in [6, 6.07) is 7.38. The molecule has 22 heavy (non-hydrogen) atoms. The molecule has 1 aliphatic rings. The fourth-order valence-electron chi connectivity index (χ4n) is 2.17. The summed E-state index contributed by atoms with van der Waals surface area (Å²) in [7, 11) is 1.56. The van der Waals surface area contributed by atoms with Crippen molar-refractivity contribution in [3.63, 3.8) is 0 Å². The van der Waals surface area contributed by atoms with Crippen LogP contribution in [0.25, 0.3) is 0 Å². The van der Waals surface area contributed by atoms with Crippen LogP contribution < -0.4 is 10.6 Å². The Balaban J connectivity index is 2.28. The normalized spacial score (nSPS) is 17.8. The third-order valence-corrected chi connectivity index (χ3v) is 3.96. The first-order valence-electron chi connectivity index (χ1n) is 6.72. The van der Waals surface area contributed by atoms with E-state index in [9.17, 15) is 4.79 Å². The fraction of sp³-hybridized carbons (Fsp3) is 0.333. The SMILES string of the molecule is COCCOC(=O)C1=C(C)NC(=S)NC1c1ccc(Br)cc1. The Morgan fingerprint density at radius 1 is 1.32 bits per heavy atom. The van der Waals surface area contributed by atoms with E-state index in [4.69, 9.17) is 21.7 Å².